The number of carboxylic acid groups (broad SMARTS) is 1. The Bertz CT molecular complexity index is 521. The average molecular weight is 286 g/mol. The molecule has 102 valence electrons. The predicted octanol–water partition coefficient (Wildman–Crippen LogP) is 2.42. The van der Waals surface area contributed by atoms with Crippen molar-refractivity contribution in [3.05, 3.63) is 34.6 Å². The lowest BCUT2D eigenvalue weighted by atomic mass is 9.97. The van der Waals surface area contributed by atoms with E-state index in [1.54, 1.807) is 0 Å². The Morgan fingerprint density at radius 3 is 2.79 bits per heavy atom. The minimum Gasteiger partial charge on any atom is -0.481 e. The van der Waals surface area contributed by atoms with Crippen LogP contribution >= 0.6 is 11.6 Å². The summed E-state index contributed by atoms with van der Waals surface area (Å²) in [6.07, 6.45) is 1.22. The zero-order valence-electron chi connectivity index (χ0n) is 10.1. The molecule has 0 radical (unpaired) electrons. The maximum atomic E-state index is 13.0. The van der Waals surface area contributed by atoms with Crippen LogP contribution in [0.15, 0.2) is 18.2 Å². The molecule has 1 heterocycles. The highest BCUT2D eigenvalue weighted by Gasteiger charge is 2.28. The fraction of sp³-hybridized carbons (Fsp3) is 0.385. The van der Waals surface area contributed by atoms with E-state index in [9.17, 15) is 14.0 Å². The maximum Gasteiger partial charge on any atom is 0.308 e. The monoisotopic (exact) mass is 285 g/mol. The summed E-state index contributed by atoms with van der Waals surface area (Å²) in [7, 11) is 0. The van der Waals surface area contributed by atoms with E-state index in [0.29, 0.717) is 19.4 Å². The van der Waals surface area contributed by atoms with E-state index in [1.165, 1.54) is 17.0 Å². The summed E-state index contributed by atoms with van der Waals surface area (Å²) in [6.45, 7) is 0.695. The van der Waals surface area contributed by atoms with Crippen molar-refractivity contribution in [2.24, 2.45) is 5.92 Å². The Morgan fingerprint density at radius 1 is 1.42 bits per heavy atom. The van der Waals surface area contributed by atoms with E-state index in [4.69, 9.17) is 16.7 Å². The smallest absolute Gasteiger partial charge is 0.308 e. The zero-order chi connectivity index (χ0) is 14.0. The first kappa shape index (κ1) is 13.8. The highest BCUT2D eigenvalue weighted by Crippen LogP contribution is 2.21. The molecular weight excluding hydrogens is 273 g/mol. The molecule has 1 unspecified atom stereocenters. The van der Waals surface area contributed by atoms with E-state index < -0.39 is 17.7 Å². The number of amides is 1. The summed E-state index contributed by atoms with van der Waals surface area (Å²) < 4.78 is 13.0. The third-order valence-corrected chi connectivity index (χ3v) is 3.51. The number of rotatable bonds is 2. The number of carbonyl (C=O) groups excluding carboxylic acids is 1. The normalized spacial score (nSPS) is 19.3. The summed E-state index contributed by atoms with van der Waals surface area (Å²) >= 11 is 5.64. The van der Waals surface area contributed by atoms with Gasteiger partial charge in [-0.1, -0.05) is 11.6 Å². The van der Waals surface area contributed by atoms with Crippen LogP contribution in [0.3, 0.4) is 0 Å². The molecule has 1 atom stereocenters. The van der Waals surface area contributed by atoms with Gasteiger partial charge in [0.25, 0.3) is 5.91 Å². The van der Waals surface area contributed by atoms with Gasteiger partial charge in [0, 0.05) is 18.7 Å². The molecular formula is C13H13ClFNO3. The van der Waals surface area contributed by atoms with E-state index in [2.05, 4.69) is 0 Å². The largest absolute Gasteiger partial charge is 0.481 e. The third-order valence-electron chi connectivity index (χ3n) is 3.22. The van der Waals surface area contributed by atoms with Gasteiger partial charge < -0.3 is 10.0 Å². The van der Waals surface area contributed by atoms with Crippen molar-refractivity contribution < 1.29 is 19.1 Å². The Hall–Kier alpha value is -1.62. The highest BCUT2D eigenvalue weighted by atomic mass is 35.5. The SMILES string of the molecule is O=C(O)C1CCCN(C(=O)c2ccc(F)c(Cl)c2)C1. The van der Waals surface area contributed by atoms with Gasteiger partial charge in [0.1, 0.15) is 5.82 Å². The fourth-order valence-electron chi connectivity index (χ4n) is 2.17. The topological polar surface area (TPSA) is 57.6 Å². The van der Waals surface area contributed by atoms with Gasteiger partial charge in [-0.15, -0.1) is 0 Å². The molecule has 4 nitrogen and oxygen atoms in total. The molecule has 0 saturated carbocycles. The zero-order valence-corrected chi connectivity index (χ0v) is 10.9. The number of likely N-dealkylation sites (tertiary alicyclic amines) is 1. The second kappa shape index (κ2) is 5.57. The lowest BCUT2D eigenvalue weighted by Gasteiger charge is -2.30. The molecule has 1 amide bonds. The number of carbonyl (C=O) groups is 2. The van der Waals surface area contributed by atoms with Crippen molar-refractivity contribution in [3.8, 4) is 0 Å². The van der Waals surface area contributed by atoms with Gasteiger partial charge in [-0.3, -0.25) is 9.59 Å². The molecule has 0 bridgehead atoms. The molecule has 19 heavy (non-hydrogen) atoms. The first-order valence-electron chi connectivity index (χ1n) is 5.96. The molecule has 1 N–H and O–H groups in total. The van der Waals surface area contributed by atoms with Crippen LogP contribution in [0.5, 0.6) is 0 Å². The molecule has 1 aromatic rings. The Labute approximate surface area is 114 Å². The quantitative estimate of drug-likeness (QED) is 0.908. The molecule has 1 aliphatic rings. The van der Waals surface area contributed by atoms with Gasteiger partial charge in [0.2, 0.25) is 0 Å². The summed E-state index contributed by atoms with van der Waals surface area (Å²) in [5.41, 5.74) is 0.275. The van der Waals surface area contributed by atoms with Gasteiger partial charge >= 0.3 is 5.97 Å². The maximum absolute atomic E-state index is 13.0. The average Bonchev–Trinajstić information content (AvgIpc) is 2.41. The van der Waals surface area contributed by atoms with E-state index in [-0.39, 0.29) is 23.0 Å². The van der Waals surface area contributed by atoms with Crippen molar-refractivity contribution in [1.29, 1.82) is 0 Å². The van der Waals surface area contributed by atoms with Crippen molar-refractivity contribution >= 4 is 23.5 Å². The highest BCUT2D eigenvalue weighted by molar-refractivity contribution is 6.31. The Kier molecular flexibility index (Phi) is 4.04. The number of nitrogens with zero attached hydrogens (tertiary/aromatic N) is 1. The van der Waals surface area contributed by atoms with Gasteiger partial charge in [-0.25, -0.2) is 4.39 Å². The number of piperidine rings is 1. The number of hydrogen-bond acceptors (Lipinski definition) is 2. The van der Waals surface area contributed by atoms with Crippen LogP contribution in [0.2, 0.25) is 5.02 Å². The Morgan fingerprint density at radius 2 is 2.16 bits per heavy atom. The van der Waals surface area contributed by atoms with E-state index in [1.807, 2.05) is 0 Å². The minimum atomic E-state index is -0.894. The number of hydrogen-bond donors (Lipinski definition) is 1. The van der Waals surface area contributed by atoms with E-state index in [0.717, 1.165) is 6.07 Å². The van der Waals surface area contributed by atoms with E-state index >= 15 is 0 Å². The molecule has 1 saturated heterocycles. The number of benzene rings is 1. The summed E-state index contributed by atoms with van der Waals surface area (Å²) in [6, 6.07) is 3.76. The second-order valence-corrected chi connectivity index (χ2v) is 4.96. The van der Waals surface area contributed by atoms with Gasteiger partial charge in [0.15, 0.2) is 0 Å². The second-order valence-electron chi connectivity index (χ2n) is 4.56. The standard InChI is InChI=1S/C13H13ClFNO3/c14-10-6-8(3-4-11(10)15)12(17)16-5-1-2-9(7-16)13(18)19/h3-4,6,9H,1-2,5,7H2,(H,18,19). The van der Waals surface area contributed by atoms with Crippen molar-refractivity contribution in [2.75, 3.05) is 13.1 Å². The first-order valence-corrected chi connectivity index (χ1v) is 6.34. The van der Waals surface area contributed by atoms with Crippen molar-refractivity contribution in [1.82, 2.24) is 4.90 Å². The number of carboxylic acids is 1. The van der Waals surface area contributed by atoms with Crippen LogP contribution in [-0.2, 0) is 4.79 Å². The molecule has 0 aromatic heterocycles. The van der Waals surface area contributed by atoms with Gasteiger partial charge in [0.05, 0.1) is 10.9 Å². The predicted molar refractivity (Wildman–Crippen MR) is 67.7 cm³/mol. The molecule has 2 rings (SSSR count). The molecule has 0 spiro atoms. The molecule has 1 aromatic carbocycles. The molecule has 0 aliphatic carbocycles. The molecule has 1 aliphatic heterocycles. The molecule has 6 heteroatoms. The lowest BCUT2D eigenvalue weighted by molar-refractivity contribution is -0.143. The Balaban J connectivity index is 2.14. The van der Waals surface area contributed by atoms with Gasteiger partial charge in [-0.05, 0) is 31.0 Å². The molecule has 1 fully saturated rings. The van der Waals surface area contributed by atoms with Crippen LogP contribution in [0.4, 0.5) is 4.39 Å². The van der Waals surface area contributed by atoms with Crippen LogP contribution < -0.4 is 0 Å². The first-order chi connectivity index (χ1) is 8.99. The minimum absolute atomic E-state index is 0.113. The van der Waals surface area contributed by atoms with Crippen LogP contribution in [0.25, 0.3) is 0 Å². The van der Waals surface area contributed by atoms with Crippen molar-refractivity contribution in [2.45, 2.75) is 12.8 Å². The van der Waals surface area contributed by atoms with Crippen LogP contribution in [0, 0.1) is 11.7 Å². The lowest BCUT2D eigenvalue weighted by Crippen LogP contribution is -2.42. The summed E-state index contributed by atoms with van der Waals surface area (Å²) in [5, 5.41) is 8.87. The fourth-order valence-corrected chi connectivity index (χ4v) is 2.36. The summed E-state index contributed by atoms with van der Waals surface area (Å²) in [4.78, 5) is 24.6. The van der Waals surface area contributed by atoms with Crippen LogP contribution in [-0.4, -0.2) is 35.0 Å². The summed E-state index contributed by atoms with van der Waals surface area (Å²) in [5.74, 6) is -2.32. The van der Waals surface area contributed by atoms with Crippen LogP contribution in [0.1, 0.15) is 23.2 Å². The number of aliphatic carboxylic acids is 1. The third kappa shape index (κ3) is 3.04. The van der Waals surface area contributed by atoms with Crippen molar-refractivity contribution in [3.63, 3.8) is 0 Å². The number of halogens is 2. The van der Waals surface area contributed by atoms with Gasteiger partial charge in [-0.2, -0.15) is 0 Å².